The van der Waals surface area contributed by atoms with E-state index in [0.717, 1.165) is 32.7 Å². The van der Waals surface area contributed by atoms with Gasteiger partial charge in [-0.1, -0.05) is 0 Å². The lowest BCUT2D eigenvalue weighted by Crippen LogP contribution is -2.47. The fourth-order valence-corrected chi connectivity index (χ4v) is 4.09. The van der Waals surface area contributed by atoms with Gasteiger partial charge >= 0.3 is 6.18 Å². The molecule has 1 aliphatic carbocycles. The molecule has 1 amide bonds. The van der Waals surface area contributed by atoms with Crippen molar-refractivity contribution < 1.29 is 18.0 Å². The number of fused-ring (bicyclic) bond motifs is 1. The number of halogens is 3. The summed E-state index contributed by atoms with van der Waals surface area (Å²) < 4.78 is 39.9. The molecule has 2 heterocycles. The molecule has 142 valence electrons. The van der Waals surface area contributed by atoms with Crippen molar-refractivity contribution in [2.24, 2.45) is 5.92 Å². The molecule has 9 heteroatoms. The van der Waals surface area contributed by atoms with E-state index in [1.165, 1.54) is 17.7 Å². The highest BCUT2D eigenvalue weighted by atomic mass is 32.1. The van der Waals surface area contributed by atoms with E-state index < -0.39 is 36.8 Å². The number of alkyl halides is 3. The Bertz CT molecular complexity index is 899. The molecule has 0 N–H and O–H groups in total. The van der Waals surface area contributed by atoms with Crippen LogP contribution in [-0.4, -0.2) is 39.1 Å². The highest BCUT2D eigenvalue weighted by Gasteiger charge is 2.40. The normalized spacial score (nSPS) is 16.1. The van der Waals surface area contributed by atoms with Gasteiger partial charge in [0.2, 0.25) is 5.91 Å². The van der Waals surface area contributed by atoms with Crippen molar-refractivity contribution in [2.75, 3.05) is 6.54 Å². The van der Waals surface area contributed by atoms with Crippen LogP contribution in [0.15, 0.2) is 11.1 Å². The second-order valence-corrected chi connectivity index (χ2v) is 8.06. The summed E-state index contributed by atoms with van der Waals surface area (Å²) in [5.41, 5.74) is 0.402. The van der Waals surface area contributed by atoms with Gasteiger partial charge in [0.15, 0.2) is 0 Å². The minimum absolute atomic E-state index is 0.0976. The summed E-state index contributed by atoms with van der Waals surface area (Å²) in [6.45, 7) is 3.57. The van der Waals surface area contributed by atoms with Crippen LogP contribution in [0.4, 0.5) is 13.2 Å². The van der Waals surface area contributed by atoms with Gasteiger partial charge in [0.05, 0.1) is 11.7 Å². The molecular formula is C17H20F3N3O2S. The Morgan fingerprint density at radius 1 is 1.42 bits per heavy atom. The molecule has 2 aromatic heterocycles. The first-order valence-corrected chi connectivity index (χ1v) is 9.21. The van der Waals surface area contributed by atoms with Crippen molar-refractivity contribution in [1.29, 1.82) is 0 Å². The topological polar surface area (TPSA) is 55.2 Å². The third kappa shape index (κ3) is 3.77. The molecule has 3 rings (SSSR count). The van der Waals surface area contributed by atoms with Gasteiger partial charge in [-0.2, -0.15) is 13.2 Å². The molecule has 0 radical (unpaired) electrons. The van der Waals surface area contributed by atoms with E-state index in [-0.39, 0.29) is 5.92 Å². The zero-order valence-electron chi connectivity index (χ0n) is 14.8. The van der Waals surface area contributed by atoms with Gasteiger partial charge < -0.3 is 4.90 Å². The first-order chi connectivity index (χ1) is 12.1. The van der Waals surface area contributed by atoms with Crippen LogP contribution in [0.3, 0.4) is 0 Å². The van der Waals surface area contributed by atoms with Crippen LogP contribution in [0.5, 0.6) is 0 Å². The van der Waals surface area contributed by atoms with E-state index in [2.05, 4.69) is 4.98 Å². The van der Waals surface area contributed by atoms with Crippen LogP contribution >= 0.6 is 11.3 Å². The minimum Gasteiger partial charge on any atom is -0.329 e. The van der Waals surface area contributed by atoms with Crippen molar-refractivity contribution in [1.82, 2.24) is 14.5 Å². The number of nitrogens with zero attached hydrogens (tertiary/aromatic N) is 3. The summed E-state index contributed by atoms with van der Waals surface area (Å²) in [7, 11) is 0. The zero-order chi connectivity index (χ0) is 19.2. The van der Waals surface area contributed by atoms with Gasteiger partial charge in [0.1, 0.15) is 17.9 Å². The van der Waals surface area contributed by atoms with Crippen LogP contribution < -0.4 is 5.56 Å². The van der Waals surface area contributed by atoms with E-state index in [4.69, 9.17) is 0 Å². The van der Waals surface area contributed by atoms with Gasteiger partial charge in [-0.05, 0) is 45.1 Å². The minimum atomic E-state index is -4.48. The second kappa shape index (κ2) is 6.68. The van der Waals surface area contributed by atoms with Crippen LogP contribution in [-0.2, 0) is 11.3 Å². The average Bonchev–Trinajstić information content (AvgIpc) is 3.34. The summed E-state index contributed by atoms with van der Waals surface area (Å²) in [6, 6.07) is -0.498. The predicted octanol–water partition coefficient (Wildman–Crippen LogP) is 3.26. The van der Waals surface area contributed by atoms with Crippen LogP contribution in [0.25, 0.3) is 10.2 Å². The van der Waals surface area contributed by atoms with Crippen LogP contribution in [0.2, 0.25) is 0 Å². The molecule has 5 nitrogen and oxygen atoms in total. The number of hydrogen-bond acceptors (Lipinski definition) is 4. The lowest BCUT2D eigenvalue weighted by atomic mass is 10.1. The molecule has 0 unspecified atom stereocenters. The predicted molar refractivity (Wildman–Crippen MR) is 93.3 cm³/mol. The number of thiophene rings is 1. The molecule has 0 aliphatic heterocycles. The molecule has 0 bridgehead atoms. The number of aromatic nitrogens is 2. The highest BCUT2D eigenvalue weighted by molar-refractivity contribution is 7.18. The second-order valence-electron chi connectivity index (χ2n) is 6.86. The Labute approximate surface area is 152 Å². The van der Waals surface area contributed by atoms with E-state index >= 15 is 0 Å². The summed E-state index contributed by atoms with van der Waals surface area (Å²) in [4.78, 5) is 31.8. The highest BCUT2D eigenvalue weighted by Crippen LogP contribution is 2.36. The number of aryl methyl sites for hydroxylation is 2. The van der Waals surface area contributed by atoms with Crippen molar-refractivity contribution in [3.8, 4) is 0 Å². The molecule has 2 aromatic rings. The fourth-order valence-electron chi connectivity index (χ4n) is 3.10. The largest absolute Gasteiger partial charge is 0.406 e. The third-order valence-electron chi connectivity index (χ3n) is 4.93. The number of amides is 1. The van der Waals surface area contributed by atoms with E-state index in [0.29, 0.717) is 10.2 Å². The zero-order valence-corrected chi connectivity index (χ0v) is 15.6. The monoisotopic (exact) mass is 387 g/mol. The number of carbonyl (C=O) groups is 1. The average molecular weight is 387 g/mol. The summed E-state index contributed by atoms with van der Waals surface area (Å²) in [6.07, 6.45) is -1.59. The fraction of sp³-hybridized carbons (Fsp3) is 0.588. The number of carbonyl (C=O) groups excluding carboxylic acids is 1. The number of rotatable bonds is 5. The van der Waals surface area contributed by atoms with Crippen molar-refractivity contribution in [3.63, 3.8) is 0 Å². The summed E-state index contributed by atoms with van der Waals surface area (Å²) in [5.74, 6) is -0.616. The van der Waals surface area contributed by atoms with Gasteiger partial charge in [-0.3, -0.25) is 14.2 Å². The Balaban J connectivity index is 1.89. The first kappa shape index (κ1) is 18.9. The standard InChI is InChI=1S/C17H20F3N3O2S/c1-9-11(3)26-15-14(9)16(25)22(8-21-15)6-13(24)23(7-17(18,19)20)10(2)12-4-5-12/h8,10,12H,4-7H2,1-3H3/t10-/m0/s1. The molecule has 1 atom stereocenters. The first-order valence-electron chi connectivity index (χ1n) is 8.40. The molecule has 1 aliphatic rings. The molecule has 1 fully saturated rings. The van der Waals surface area contributed by atoms with Gasteiger partial charge in [-0.25, -0.2) is 4.98 Å². The van der Waals surface area contributed by atoms with Crippen LogP contribution in [0, 0.1) is 19.8 Å². The molecule has 0 aromatic carbocycles. The lowest BCUT2D eigenvalue weighted by molar-refractivity contribution is -0.166. The van der Waals surface area contributed by atoms with E-state index in [9.17, 15) is 22.8 Å². The Hall–Kier alpha value is -1.90. The Kier molecular flexibility index (Phi) is 4.85. The van der Waals surface area contributed by atoms with Crippen LogP contribution in [0.1, 0.15) is 30.2 Å². The third-order valence-corrected chi connectivity index (χ3v) is 6.04. The SMILES string of the molecule is Cc1sc2ncn(CC(=O)N(CC(F)(F)F)[C@@H](C)C3CC3)c(=O)c2c1C. The maximum atomic E-state index is 12.9. The van der Waals surface area contributed by atoms with Crippen molar-refractivity contribution >= 4 is 27.5 Å². The van der Waals surface area contributed by atoms with Gasteiger partial charge in [0.25, 0.3) is 5.56 Å². The van der Waals surface area contributed by atoms with Crippen molar-refractivity contribution in [2.45, 2.75) is 52.4 Å². The van der Waals surface area contributed by atoms with E-state index in [1.54, 1.807) is 13.8 Å². The summed E-state index contributed by atoms with van der Waals surface area (Å²) in [5, 5.41) is 0.431. The smallest absolute Gasteiger partial charge is 0.329 e. The molecule has 26 heavy (non-hydrogen) atoms. The maximum absolute atomic E-state index is 12.9. The quantitative estimate of drug-likeness (QED) is 0.791. The molecule has 0 spiro atoms. The Morgan fingerprint density at radius 3 is 2.65 bits per heavy atom. The number of hydrogen-bond donors (Lipinski definition) is 0. The molecular weight excluding hydrogens is 367 g/mol. The Morgan fingerprint density at radius 2 is 2.08 bits per heavy atom. The van der Waals surface area contributed by atoms with Gasteiger partial charge in [0, 0.05) is 10.9 Å². The van der Waals surface area contributed by atoms with E-state index in [1.807, 2.05) is 6.92 Å². The maximum Gasteiger partial charge on any atom is 0.406 e. The summed E-state index contributed by atoms with van der Waals surface area (Å²) >= 11 is 1.38. The molecule has 0 saturated heterocycles. The lowest BCUT2D eigenvalue weighted by Gasteiger charge is -2.30. The van der Waals surface area contributed by atoms with Crippen molar-refractivity contribution in [3.05, 3.63) is 27.1 Å². The molecule has 1 saturated carbocycles. The van der Waals surface area contributed by atoms with Gasteiger partial charge in [-0.15, -0.1) is 11.3 Å².